The molecule has 1 heterocycles. The van der Waals surface area contributed by atoms with Crippen LogP contribution in [-0.2, 0) is 6.42 Å². The van der Waals surface area contributed by atoms with E-state index in [1.54, 1.807) is 22.5 Å². The summed E-state index contributed by atoms with van der Waals surface area (Å²) in [4.78, 5) is 5.80. The fourth-order valence-electron chi connectivity index (χ4n) is 3.39. The van der Waals surface area contributed by atoms with Gasteiger partial charge in [-0.25, -0.2) is 4.98 Å². The van der Waals surface area contributed by atoms with Crippen molar-refractivity contribution < 1.29 is 0 Å². The third-order valence-corrected chi connectivity index (χ3v) is 5.51. The number of hydrogen-bond donors (Lipinski definition) is 1. The van der Waals surface area contributed by atoms with E-state index in [4.69, 9.17) is 0 Å². The summed E-state index contributed by atoms with van der Waals surface area (Å²) >= 11 is 1.78. The number of aromatic nitrogens is 1. The summed E-state index contributed by atoms with van der Waals surface area (Å²) in [6.07, 6.45) is 5.06. The number of nitrogens with one attached hydrogen (secondary N) is 1. The molecule has 2 nitrogen and oxygen atoms in total. The van der Waals surface area contributed by atoms with Crippen LogP contribution in [0.15, 0.2) is 29.8 Å². The van der Waals surface area contributed by atoms with Gasteiger partial charge in [0.2, 0.25) is 0 Å². The van der Waals surface area contributed by atoms with Gasteiger partial charge in [-0.1, -0.05) is 24.3 Å². The SMILES string of the molecule is CNC(CC1CCCc2ccccc21)c1scnc1C. The van der Waals surface area contributed by atoms with Gasteiger partial charge in [-0.2, -0.15) is 0 Å². The molecular weight excluding hydrogens is 264 g/mol. The summed E-state index contributed by atoms with van der Waals surface area (Å²) in [6.45, 7) is 2.12. The van der Waals surface area contributed by atoms with E-state index >= 15 is 0 Å². The maximum atomic E-state index is 4.40. The molecule has 0 saturated heterocycles. The quantitative estimate of drug-likeness (QED) is 0.910. The van der Waals surface area contributed by atoms with Gasteiger partial charge in [0.15, 0.2) is 0 Å². The molecule has 2 atom stereocenters. The number of hydrogen-bond acceptors (Lipinski definition) is 3. The summed E-state index contributed by atoms with van der Waals surface area (Å²) in [7, 11) is 2.07. The van der Waals surface area contributed by atoms with Crippen LogP contribution in [-0.4, -0.2) is 12.0 Å². The lowest BCUT2D eigenvalue weighted by Crippen LogP contribution is -2.21. The molecule has 1 aliphatic carbocycles. The van der Waals surface area contributed by atoms with Crippen LogP contribution < -0.4 is 5.32 Å². The summed E-state index contributed by atoms with van der Waals surface area (Å²) in [5.41, 5.74) is 6.27. The third kappa shape index (κ3) is 2.65. The van der Waals surface area contributed by atoms with Crippen molar-refractivity contribution in [3.8, 4) is 0 Å². The Morgan fingerprint density at radius 1 is 1.40 bits per heavy atom. The fraction of sp³-hybridized carbons (Fsp3) is 0.471. The van der Waals surface area contributed by atoms with Crippen LogP contribution in [0.1, 0.15) is 52.9 Å². The van der Waals surface area contributed by atoms with E-state index in [1.807, 2.05) is 5.51 Å². The molecule has 0 saturated carbocycles. The summed E-state index contributed by atoms with van der Waals surface area (Å²) in [5, 5.41) is 3.49. The molecule has 0 radical (unpaired) electrons. The first-order valence-corrected chi connectivity index (χ1v) is 8.32. The van der Waals surface area contributed by atoms with Crippen LogP contribution in [0, 0.1) is 6.92 Å². The summed E-state index contributed by atoms with van der Waals surface area (Å²) in [6, 6.07) is 9.41. The van der Waals surface area contributed by atoms with Crippen LogP contribution in [0.3, 0.4) is 0 Å². The van der Waals surface area contributed by atoms with Crippen LogP contribution in [0.5, 0.6) is 0 Å². The Kier molecular flexibility index (Phi) is 4.18. The first-order valence-electron chi connectivity index (χ1n) is 7.44. The minimum absolute atomic E-state index is 0.429. The molecule has 2 unspecified atom stereocenters. The molecule has 0 amide bonds. The van der Waals surface area contributed by atoms with Crippen molar-refractivity contribution in [3.05, 3.63) is 51.5 Å². The van der Waals surface area contributed by atoms with E-state index in [9.17, 15) is 0 Å². The number of aryl methyl sites for hydroxylation is 2. The lowest BCUT2D eigenvalue weighted by atomic mass is 9.79. The normalized spacial score (nSPS) is 19.6. The average Bonchev–Trinajstić information content (AvgIpc) is 2.91. The lowest BCUT2D eigenvalue weighted by molar-refractivity contribution is 0.442. The molecule has 0 fully saturated rings. The second-order valence-corrected chi connectivity index (χ2v) is 6.55. The van der Waals surface area contributed by atoms with Gasteiger partial charge >= 0.3 is 0 Å². The van der Waals surface area contributed by atoms with E-state index in [0.717, 1.165) is 0 Å². The van der Waals surface area contributed by atoms with Crippen molar-refractivity contribution in [1.29, 1.82) is 0 Å². The molecule has 1 aliphatic rings. The molecule has 0 spiro atoms. The number of nitrogens with zero attached hydrogens (tertiary/aromatic N) is 1. The maximum Gasteiger partial charge on any atom is 0.0798 e. The van der Waals surface area contributed by atoms with Crippen molar-refractivity contribution in [2.45, 2.75) is 44.6 Å². The largest absolute Gasteiger partial charge is 0.312 e. The maximum absolute atomic E-state index is 4.40. The Balaban J connectivity index is 1.82. The Bertz CT molecular complexity index is 576. The molecule has 3 heteroatoms. The number of thiazole rings is 1. The third-order valence-electron chi connectivity index (χ3n) is 4.46. The van der Waals surface area contributed by atoms with Gasteiger partial charge in [0.25, 0.3) is 0 Å². The lowest BCUT2D eigenvalue weighted by Gasteiger charge is -2.28. The fourth-order valence-corrected chi connectivity index (χ4v) is 4.31. The Morgan fingerprint density at radius 2 is 2.25 bits per heavy atom. The molecule has 2 aromatic rings. The van der Waals surface area contributed by atoms with Crippen LogP contribution in [0.2, 0.25) is 0 Å². The Labute approximate surface area is 125 Å². The van der Waals surface area contributed by atoms with Gasteiger partial charge in [-0.15, -0.1) is 11.3 Å². The zero-order chi connectivity index (χ0) is 13.9. The van der Waals surface area contributed by atoms with E-state index in [2.05, 4.69) is 48.5 Å². The van der Waals surface area contributed by atoms with E-state index in [0.29, 0.717) is 12.0 Å². The second kappa shape index (κ2) is 6.06. The summed E-state index contributed by atoms with van der Waals surface area (Å²) < 4.78 is 0. The van der Waals surface area contributed by atoms with Gasteiger partial charge in [0, 0.05) is 10.9 Å². The van der Waals surface area contributed by atoms with E-state index < -0.39 is 0 Å². The minimum Gasteiger partial charge on any atom is -0.312 e. The van der Waals surface area contributed by atoms with Crippen molar-refractivity contribution >= 4 is 11.3 Å². The topological polar surface area (TPSA) is 24.9 Å². The standard InChI is InChI=1S/C17H22N2S/c1-12-17(20-11-19-12)16(18-2)10-14-8-5-7-13-6-3-4-9-15(13)14/h3-4,6,9,11,14,16,18H,5,7-8,10H2,1-2H3. The highest BCUT2D eigenvalue weighted by molar-refractivity contribution is 7.09. The van der Waals surface area contributed by atoms with Crippen LogP contribution in [0.4, 0.5) is 0 Å². The predicted octanol–water partition coefficient (Wildman–Crippen LogP) is 4.22. The number of fused-ring (bicyclic) bond motifs is 1. The van der Waals surface area contributed by atoms with Crippen molar-refractivity contribution in [2.24, 2.45) is 0 Å². The first kappa shape index (κ1) is 13.8. The molecule has 106 valence electrons. The van der Waals surface area contributed by atoms with Gasteiger partial charge in [-0.3, -0.25) is 0 Å². The first-order chi connectivity index (χ1) is 9.79. The van der Waals surface area contributed by atoms with Gasteiger partial charge in [-0.05, 0) is 56.7 Å². The number of rotatable bonds is 4. The van der Waals surface area contributed by atoms with Gasteiger partial charge in [0.05, 0.1) is 11.2 Å². The molecular formula is C17H22N2S. The minimum atomic E-state index is 0.429. The monoisotopic (exact) mass is 286 g/mol. The van der Waals surface area contributed by atoms with E-state index in [-0.39, 0.29) is 0 Å². The van der Waals surface area contributed by atoms with Crippen molar-refractivity contribution in [3.63, 3.8) is 0 Å². The molecule has 1 aromatic carbocycles. The van der Waals surface area contributed by atoms with Crippen molar-refractivity contribution in [1.82, 2.24) is 10.3 Å². The van der Waals surface area contributed by atoms with E-state index in [1.165, 1.54) is 36.3 Å². The molecule has 20 heavy (non-hydrogen) atoms. The zero-order valence-electron chi connectivity index (χ0n) is 12.2. The van der Waals surface area contributed by atoms with Crippen LogP contribution >= 0.6 is 11.3 Å². The second-order valence-electron chi connectivity index (χ2n) is 5.67. The average molecular weight is 286 g/mol. The Morgan fingerprint density at radius 3 is 3.00 bits per heavy atom. The molecule has 1 aromatic heterocycles. The Hall–Kier alpha value is -1.19. The highest BCUT2D eigenvalue weighted by atomic mass is 32.1. The molecule has 3 rings (SSSR count). The summed E-state index contributed by atoms with van der Waals surface area (Å²) in [5.74, 6) is 0.680. The molecule has 0 bridgehead atoms. The highest BCUT2D eigenvalue weighted by Gasteiger charge is 2.24. The van der Waals surface area contributed by atoms with Crippen molar-refractivity contribution in [2.75, 3.05) is 7.05 Å². The molecule has 1 N–H and O–H groups in total. The number of benzene rings is 1. The predicted molar refractivity (Wildman–Crippen MR) is 85.4 cm³/mol. The smallest absolute Gasteiger partial charge is 0.0798 e. The van der Waals surface area contributed by atoms with Gasteiger partial charge in [0.1, 0.15) is 0 Å². The zero-order valence-corrected chi connectivity index (χ0v) is 13.0. The van der Waals surface area contributed by atoms with Crippen LogP contribution in [0.25, 0.3) is 0 Å². The highest BCUT2D eigenvalue weighted by Crippen LogP contribution is 2.38. The molecule has 0 aliphatic heterocycles. The van der Waals surface area contributed by atoms with Gasteiger partial charge < -0.3 is 5.32 Å².